The molecule has 0 aliphatic rings. The first-order valence-electron chi connectivity index (χ1n) is 7.15. The molecule has 0 heterocycles. The topological polar surface area (TPSA) is 61.4 Å². The van der Waals surface area contributed by atoms with E-state index in [1.54, 1.807) is 0 Å². The normalized spacial score (nSPS) is 13.7. The smallest absolute Gasteiger partial charge is 0.315 e. The van der Waals surface area contributed by atoms with Crippen molar-refractivity contribution in [3.05, 3.63) is 34.9 Å². The van der Waals surface area contributed by atoms with E-state index in [-0.39, 0.29) is 24.7 Å². The van der Waals surface area contributed by atoms with Gasteiger partial charge in [-0.2, -0.15) is 0 Å². The summed E-state index contributed by atoms with van der Waals surface area (Å²) in [6.07, 6.45) is 1.38. The van der Waals surface area contributed by atoms with Crippen LogP contribution < -0.4 is 10.6 Å². The monoisotopic (exact) mass is 278 g/mol. The number of aliphatic hydroxyl groups is 1. The predicted molar refractivity (Wildman–Crippen MR) is 81.9 cm³/mol. The van der Waals surface area contributed by atoms with Gasteiger partial charge < -0.3 is 15.7 Å². The van der Waals surface area contributed by atoms with E-state index in [2.05, 4.69) is 42.7 Å². The second-order valence-corrected chi connectivity index (χ2v) is 5.63. The molecule has 0 fully saturated rings. The van der Waals surface area contributed by atoms with E-state index in [0.29, 0.717) is 6.42 Å². The molecule has 0 aromatic heterocycles. The van der Waals surface area contributed by atoms with Gasteiger partial charge in [0.25, 0.3) is 0 Å². The zero-order valence-electron chi connectivity index (χ0n) is 12.9. The molecule has 0 saturated heterocycles. The van der Waals surface area contributed by atoms with Crippen LogP contribution in [0.5, 0.6) is 0 Å². The highest BCUT2D eigenvalue weighted by atomic mass is 16.3. The van der Waals surface area contributed by atoms with Crippen molar-refractivity contribution in [2.24, 2.45) is 0 Å². The summed E-state index contributed by atoms with van der Waals surface area (Å²) in [6.45, 7) is 8.12. The van der Waals surface area contributed by atoms with Crippen molar-refractivity contribution in [3.8, 4) is 0 Å². The Morgan fingerprint density at radius 2 is 1.65 bits per heavy atom. The number of urea groups is 1. The molecular formula is C16H26N2O2. The Morgan fingerprint density at radius 3 is 2.20 bits per heavy atom. The summed E-state index contributed by atoms with van der Waals surface area (Å²) in [4.78, 5) is 11.8. The van der Waals surface area contributed by atoms with Gasteiger partial charge in [0, 0.05) is 18.7 Å². The molecule has 2 atom stereocenters. The van der Waals surface area contributed by atoms with Gasteiger partial charge in [0.05, 0.1) is 0 Å². The van der Waals surface area contributed by atoms with Crippen LogP contribution in [0.15, 0.2) is 18.2 Å². The molecule has 0 spiro atoms. The molecule has 2 amide bonds. The highest BCUT2D eigenvalue weighted by Gasteiger charge is 2.10. The molecule has 3 N–H and O–H groups in total. The van der Waals surface area contributed by atoms with Crippen LogP contribution in [-0.4, -0.2) is 29.8 Å². The number of amides is 2. The predicted octanol–water partition coefficient (Wildman–Crippen LogP) is 2.30. The number of hydrogen-bond acceptors (Lipinski definition) is 2. The molecule has 0 saturated carbocycles. The van der Waals surface area contributed by atoms with Gasteiger partial charge in [-0.15, -0.1) is 0 Å². The number of carbonyl (C=O) groups excluding carboxylic acids is 1. The molecule has 1 rings (SSSR count). The van der Waals surface area contributed by atoms with Crippen molar-refractivity contribution in [2.75, 3.05) is 6.61 Å². The highest BCUT2D eigenvalue weighted by Crippen LogP contribution is 2.10. The molecule has 0 radical (unpaired) electrons. The van der Waals surface area contributed by atoms with Gasteiger partial charge in [-0.1, -0.05) is 29.3 Å². The van der Waals surface area contributed by atoms with Crippen LogP contribution in [0.1, 0.15) is 37.0 Å². The van der Waals surface area contributed by atoms with Gasteiger partial charge in [-0.25, -0.2) is 4.79 Å². The standard InChI is InChI=1S/C16H26N2O2/c1-11-7-12(2)9-15(8-11)10-14(4)18-16(20)17-13(3)5-6-19/h7-9,13-14,19H,5-6,10H2,1-4H3,(H2,17,18,20)/t13-,14?/m1/s1. The molecule has 0 aliphatic heterocycles. The number of aryl methyl sites for hydroxylation is 2. The molecular weight excluding hydrogens is 252 g/mol. The van der Waals surface area contributed by atoms with Crippen molar-refractivity contribution >= 4 is 6.03 Å². The van der Waals surface area contributed by atoms with E-state index in [4.69, 9.17) is 5.11 Å². The van der Waals surface area contributed by atoms with Crippen molar-refractivity contribution < 1.29 is 9.90 Å². The van der Waals surface area contributed by atoms with E-state index in [9.17, 15) is 4.79 Å². The van der Waals surface area contributed by atoms with Crippen LogP contribution in [0.25, 0.3) is 0 Å². The fraction of sp³-hybridized carbons (Fsp3) is 0.562. The molecule has 1 unspecified atom stereocenters. The molecule has 4 heteroatoms. The average Bonchev–Trinajstić information content (AvgIpc) is 2.26. The van der Waals surface area contributed by atoms with Crippen molar-refractivity contribution in [1.82, 2.24) is 10.6 Å². The summed E-state index contributed by atoms with van der Waals surface area (Å²) in [5.41, 5.74) is 3.72. The Kier molecular flexibility index (Phi) is 6.52. The van der Waals surface area contributed by atoms with Gasteiger partial charge in [0.1, 0.15) is 0 Å². The number of benzene rings is 1. The van der Waals surface area contributed by atoms with Gasteiger partial charge in [-0.3, -0.25) is 0 Å². The summed E-state index contributed by atoms with van der Waals surface area (Å²) >= 11 is 0. The van der Waals surface area contributed by atoms with E-state index >= 15 is 0 Å². The number of rotatable bonds is 6. The summed E-state index contributed by atoms with van der Waals surface area (Å²) < 4.78 is 0. The maximum atomic E-state index is 11.8. The van der Waals surface area contributed by atoms with E-state index in [0.717, 1.165) is 6.42 Å². The molecule has 0 aliphatic carbocycles. The minimum Gasteiger partial charge on any atom is -0.396 e. The van der Waals surface area contributed by atoms with Gasteiger partial charge in [0.15, 0.2) is 0 Å². The molecule has 4 nitrogen and oxygen atoms in total. The van der Waals surface area contributed by atoms with Crippen LogP contribution in [-0.2, 0) is 6.42 Å². The van der Waals surface area contributed by atoms with Crippen molar-refractivity contribution in [1.29, 1.82) is 0 Å². The summed E-state index contributed by atoms with van der Waals surface area (Å²) in [6, 6.07) is 6.31. The van der Waals surface area contributed by atoms with Crippen LogP contribution >= 0.6 is 0 Å². The van der Waals surface area contributed by atoms with Crippen LogP contribution in [0, 0.1) is 13.8 Å². The van der Waals surface area contributed by atoms with Gasteiger partial charge in [0.2, 0.25) is 0 Å². The lowest BCUT2D eigenvalue weighted by atomic mass is 10.0. The molecule has 1 aromatic rings. The molecule has 1 aromatic carbocycles. The lowest BCUT2D eigenvalue weighted by molar-refractivity contribution is 0.228. The lowest BCUT2D eigenvalue weighted by Crippen LogP contribution is -2.45. The Hall–Kier alpha value is -1.55. The van der Waals surface area contributed by atoms with Gasteiger partial charge in [-0.05, 0) is 46.1 Å². The quantitative estimate of drug-likeness (QED) is 0.748. The fourth-order valence-corrected chi connectivity index (χ4v) is 2.35. The SMILES string of the molecule is Cc1cc(C)cc(CC(C)NC(=O)N[C@H](C)CCO)c1. The summed E-state index contributed by atoms with van der Waals surface area (Å²) in [7, 11) is 0. The maximum Gasteiger partial charge on any atom is 0.315 e. The highest BCUT2D eigenvalue weighted by molar-refractivity contribution is 5.74. The molecule has 0 bridgehead atoms. The van der Waals surface area contributed by atoms with Crippen molar-refractivity contribution in [3.63, 3.8) is 0 Å². The third-order valence-electron chi connectivity index (χ3n) is 3.14. The minimum atomic E-state index is -0.178. The minimum absolute atomic E-state index is 0.0200. The number of nitrogens with one attached hydrogen (secondary N) is 2. The molecule has 112 valence electrons. The second kappa shape index (κ2) is 7.90. The first kappa shape index (κ1) is 16.5. The zero-order chi connectivity index (χ0) is 15.1. The first-order chi connectivity index (χ1) is 9.40. The summed E-state index contributed by atoms with van der Waals surface area (Å²) in [5.74, 6) is 0. The Labute approximate surface area is 121 Å². The third-order valence-corrected chi connectivity index (χ3v) is 3.14. The maximum absolute atomic E-state index is 11.8. The van der Waals surface area contributed by atoms with E-state index in [1.165, 1.54) is 16.7 Å². The first-order valence-corrected chi connectivity index (χ1v) is 7.15. The number of aliphatic hydroxyl groups excluding tert-OH is 1. The summed E-state index contributed by atoms with van der Waals surface area (Å²) in [5, 5.41) is 14.5. The largest absolute Gasteiger partial charge is 0.396 e. The van der Waals surface area contributed by atoms with Crippen LogP contribution in [0.2, 0.25) is 0 Å². The second-order valence-electron chi connectivity index (χ2n) is 5.63. The van der Waals surface area contributed by atoms with Crippen LogP contribution in [0.3, 0.4) is 0 Å². The number of hydrogen-bond donors (Lipinski definition) is 3. The van der Waals surface area contributed by atoms with Crippen LogP contribution in [0.4, 0.5) is 4.79 Å². The average molecular weight is 278 g/mol. The third kappa shape index (κ3) is 6.06. The Morgan fingerprint density at radius 1 is 1.10 bits per heavy atom. The Balaban J connectivity index is 2.46. The number of carbonyl (C=O) groups is 1. The molecule has 20 heavy (non-hydrogen) atoms. The van der Waals surface area contributed by atoms with Gasteiger partial charge >= 0.3 is 6.03 Å². The Bertz CT molecular complexity index is 426. The van der Waals surface area contributed by atoms with E-state index in [1.807, 2.05) is 13.8 Å². The fourth-order valence-electron chi connectivity index (χ4n) is 2.35. The lowest BCUT2D eigenvalue weighted by Gasteiger charge is -2.18. The van der Waals surface area contributed by atoms with E-state index < -0.39 is 0 Å². The zero-order valence-corrected chi connectivity index (χ0v) is 12.9. The van der Waals surface area contributed by atoms with Crippen molar-refractivity contribution in [2.45, 2.75) is 52.6 Å².